The molecule has 2 N–H and O–H groups in total. The number of aliphatic carboxylic acids is 1. The van der Waals surface area contributed by atoms with Gasteiger partial charge in [-0.05, 0) is 47.4 Å². The Morgan fingerprint density at radius 2 is 1.61 bits per heavy atom. The Morgan fingerprint density at radius 1 is 1.00 bits per heavy atom. The lowest BCUT2D eigenvalue weighted by molar-refractivity contribution is -0.144. The fourth-order valence-electron chi connectivity index (χ4n) is 5.09. The van der Waals surface area contributed by atoms with E-state index in [-0.39, 0.29) is 37.3 Å². The second-order valence-electron chi connectivity index (χ2n) is 9.47. The molecule has 2 aromatic rings. The number of carbonyl (C=O) groups excluding carboxylic acids is 2. The van der Waals surface area contributed by atoms with Crippen LogP contribution in [0.3, 0.4) is 0 Å². The van der Waals surface area contributed by atoms with Crippen LogP contribution < -0.4 is 5.32 Å². The van der Waals surface area contributed by atoms with Crippen molar-refractivity contribution < 1.29 is 24.2 Å². The molecule has 7 nitrogen and oxygen atoms in total. The molecule has 0 spiro atoms. The Hall–Kier alpha value is -3.35. The number of carboxylic acid groups (broad SMARTS) is 1. The number of nitrogens with one attached hydrogen (secondary N) is 1. The molecule has 2 aliphatic carbocycles. The molecule has 7 heteroatoms. The van der Waals surface area contributed by atoms with E-state index in [1.54, 1.807) is 4.90 Å². The maximum absolute atomic E-state index is 12.9. The Morgan fingerprint density at radius 3 is 2.18 bits per heavy atom. The zero-order chi connectivity index (χ0) is 23.0. The van der Waals surface area contributed by atoms with Gasteiger partial charge >= 0.3 is 12.1 Å². The summed E-state index contributed by atoms with van der Waals surface area (Å²) in [6, 6.07) is 16.4. The maximum atomic E-state index is 12.9. The van der Waals surface area contributed by atoms with Crippen molar-refractivity contribution in [2.24, 2.45) is 11.3 Å². The van der Waals surface area contributed by atoms with Gasteiger partial charge in [0.25, 0.3) is 0 Å². The van der Waals surface area contributed by atoms with E-state index in [1.807, 2.05) is 24.3 Å². The summed E-state index contributed by atoms with van der Waals surface area (Å²) in [6.07, 6.45) is 1.75. The van der Waals surface area contributed by atoms with Gasteiger partial charge in [-0.3, -0.25) is 9.59 Å². The molecule has 172 valence electrons. The highest BCUT2D eigenvalue weighted by Gasteiger charge is 2.53. The Bertz CT molecular complexity index is 1040. The minimum atomic E-state index is -0.800. The lowest BCUT2D eigenvalue weighted by atomic mass is 9.92. The third-order valence-corrected chi connectivity index (χ3v) is 7.23. The summed E-state index contributed by atoms with van der Waals surface area (Å²) in [5.41, 5.74) is 4.16. The van der Waals surface area contributed by atoms with Crippen molar-refractivity contribution in [3.63, 3.8) is 0 Å². The molecule has 33 heavy (non-hydrogen) atoms. The first kappa shape index (κ1) is 21.5. The fourth-order valence-corrected chi connectivity index (χ4v) is 5.09. The second-order valence-corrected chi connectivity index (χ2v) is 9.47. The third kappa shape index (κ3) is 4.19. The van der Waals surface area contributed by atoms with Crippen molar-refractivity contribution in [2.75, 3.05) is 26.2 Å². The molecule has 2 amide bonds. The van der Waals surface area contributed by atoms with Gasteiger partial charge in [0.05, 0.1) is 5.41 Å². The predicted octanol–water partition coefficient (Wildman–Crippen LogP) is 3.63. The number of rotatable bonds is 8. The number of hydrogen-bond acceptors (Lipinski definition) is 4. The first-order valence-electron chi connectivity index (χ1n) is 11.6. The Kier molecular flexibility index (Phi) is 5.56. The summed E-state index contributed by atoms with van der Waals surface area (Å²) in [4.78, 5) is 37.8. The molecular weight excluding hydrogens is 420 g/mol. The minimum absolute atomic E-state index is 0.00323. The number of fused-ring (bicyclic) bond motifs is 3. The molecule has 0 aromatic heterocycles. The van der Waals surface area contributed by atoms with Crippen LogP contribution in [0.15, 0.2) is 48.5 Å². The van der Waals surface area contributed by atoms with Crippen LogP contribution in [-0.2, 0) is 14.3 Å². The largest absolute Gasteiger partial charge is 0.481 e. The van der Waals surface area contributed by atoms with E-state index >= 15 is 0 Å². The summed E-state index contributed by atoms with van der Waals surface area (Å²) in [5.74, 6) is -0.474. The number of hydrogen-bond donors (Lipinski definition) is 2. The highest BCUT2D eigenvalue weighted by molar-refractivity contribution is 5.87. The van der Waals surface area contributed by atoms with Crippen LogP contribution in [0.25, 0.3) is 11.1 Å². The number of benzene rings is 2. The van der Waals surface area contributed by atoms with Crippen molar-refractivity contribution >= 4 is 18.0 Å². The SMILES string of the molecule is O=C(O)CCC1CN(C(=O)C2(CNC(=O)OCC3c4ccccc4-c4ccccc43)CC2)C1. The molecule has 3 aliphatic rings. The van der Waals surface area contributed by atoms with E-state index in [1.165, 1.54) is 11.1 Å². The van der Waals surface area contributed by atoms with Gasteiger partial charge in [0.1, 0.15) is 6.61 Å². The topological polar surface area (TPSA) is 95.9 Å². The molecule has 2 fully saturated rings. The summed E-state index contributed by atoms with van der Waals surface area (Å²) in [5, 5.41) is 11.6. The van der Waals surface area contributed by atoms with Gasteiger partial charge in [-0.25, -0.2) is 4.79 Å². The molecule has 0 atom stereocenters. The molecule has 0 bridgehead atoms. The van der Waals surface area contributed by atoms with Crippen LogP contribution in [0.4, 0.5) is 4.79 Å². The Balaban J connectivity index is 1.12. The zero-order valence-corrected chi connectivity index (χ0v) is 18.5. The summed E-state index contributed by atoms with van der Waals surface area (Å²) >= 11 is 0. The predicted molar refractivity (Wildman–Crippen MR) is 122 cm³/mol. The number of likely N-dealkylation sites (tertiary alicyclic amines) is 1. The number of carbonyl (C=O) groups is 3. The summed E-state index contributed by atoms with van der Waals surface area (Å²) in [6.45, 7) is 1.74. The van der Waals surface area contributed by atoms with Crippen LogP contribution in [0, 0.1) is 11.3 Å². The molecule has 1 aliphatic heterocycles. The van der Waals surface area contributed by atoms with Gasteiger partial charge in [0.2, 0.25) is 5.91 Å². The first-order chi connectivity index (χ1) is 16.0. The minimum Gasteiger partial charge on any atom is -0.481 e. The van der Waals surface area contributed by atoms with E-state index in [4.69, 9.17) is 9.84 Å². The molecule has 2 aromatic carbocycles. The van der Waals surface area contributed by atoms with Gasteiger partial charge in [-0.15, -0.1) is 0 Å². The average Bonchev–Trinajstić information content (AvgIpc) is 3.52. The van der Waals surface area contributed by atoms with Gasteiger partial charge in [-0.1, -0.05) is 48.5 Å². The molecule has 5 rings (SSSR count). The summed E-state index contributed by atoms with van der Waals surface area (Å²) in [7, 11) is 0. The van der Waals surface area contributed by atoms with Crippen LogP contribution in [0.5, 0.6) is 0 Å². The van der Waals surface area contributed by atoms with E-state index in [0.717, 1.165) is 24.0 Å². The normalized spacial score (nSPS) is 18.1. The second kappa shape index (κ2) is 8.54. The highest BCUT2D eigenvalue weighted by atomic mass is 16.5. The number of ether oxygens (including phenoxy) is 1. The molecule has 0 unspecified atom stereocenters. The van der Waals surface area contributed by atoms with Gasteiger partial charge in [0, 0.05) is 32.0 Å². The van der Waals surface area contributed by atoms with Gasteiger partial charge in [-0.2, -0.15) is 0 Å². The van der Waals surface area contributed by atoms with Crippen molar-refractivity contribution in [3.05, 3.63) is 59.7 Å². The van der Waals surface area contributed by atoms with E-state index in [2.05, 4.69) is 29.6 Å². The van der Waals surface area contributed by atoms with E-state index in [0.29, 0.717) is 19.5 Å². The van der Waals surface area contributed by atoms with Crippen molar-refractivity contribution in [1.82, 2.24) is 10.2 Å². The van der Waals surface area contributed by atoms with Crippen molar-refractivity contribution in [2.45, 2.75) is 31.6 Å². The number of amides is 2. The monoisotopic (exact) mass is 448 g/mol. The molecule has 0 radical (unpaired) electrons. The van der Waals surface area contributed by atoms with Crippen LogP contribution in [0.1, 0.15) is 42.7 Å². The van der Waals surface area contributed by atoms with Gasteiger partial charge in [0.15, 0.2) is 0 Å². The first-order valence-corrected chi connectivity index (χ1v) is 11.6. The number of carboxylic acids is 1. The number of alkyl carbamates (subject to hydrolysis) is 1. The lowest BCUT2D eigenvalue weighted by Gasteiger charge is -2.41. The van der Waals surface area contributed by atoms with E-state index in [9.17, 15) is 14.4 Å². The lowest BCUT2D eigenvalue weighted by Crippen LogP contribution is -2.54. The molecule has 1 saturated heterocycles. The third-order valence-electron chi connectivity index (χ3n) is 7.23. The van der Waals surface area contributed by atoms with Crippen molar-refractivity contribution in [3.8, 4) is 11.1 Å². The van der Waals surface area contributed by atoms with Crippen LogP contribution in [-0.4, -0.2) is 54.2 Å². The van der Waals surface area contributed by atoms with Crippen LogP contribution in [0.2, 0.25) is 0 Å². The van der Waals surface area contributed by atoms with Crippen molar-refractivity contribution in [1.29, 1.82) is 0 Å². The zero-order valence-electron chi connectivity index (χ0n) is 18.5. The maximum Gasteiger partial charge on any atom is 0.407 e. The smallest absolute Gasteiger partial charge is 0.407 e. The molecule has 1 heterocycles. The van der Waals surface area contributed by atoms with Gasteiger partial charge < -0.3 is 20.1 Å². The standard InChI is InChI=1S/C26H28N2O5/c29-23(30)10-9-17-13-28(14-17)24(31)26(11-12-26)16-27-25(32)33-15-22-20-7-3-1-5-18(20)19-6-2-4-8-21(19)22/h1-8,17,22H,9-16H2,(H,27,32)(H,29,30). The summed E-state index contributed by atoms with van der Waals surface area (Å²) < 4.78 is 5.58. The fraction of sp³-hybridized carbons (Fsp3) is 0.423. The number of nitrogens with zero attached hydrogens (tertiary/aromatic N) is 1. The highest BCUT2D eigenvalue weighted by Crippen LogP contribution is 2.48. The Labute approximate surface area is 192 Å². The quantitative estimate of drug-likeness (QED) is 0.643. The van der Waals surface area contributed by atoms with Crippen LogP contribution >= 0.6 is 0 Å². The molecular formula is C26H28N2O5. The molecule has 1 saturated carbocycles. The van der Waals surface area contributed by atoms with E-state index < -0.39 is 17.5 Å². The average molecular weight is 449 g/mol.